The molecule has 0 unspecified atom stereocenters. The zero-order chi connectivity index (χ0) is 18.9. The Morgan fingerprint density at radius 1 is 1.27 bits per heavy atom. The summed E-state index contributed by atoms with van der Waals surface area (Å²) in [5.74, 6) is 0.854. The van der Waals surface area contributed by atoms with Crippen LogP contribution in [0.25, 0.3) is 11.0 Å². The predicted octanol–water partition coefficient (Wildman–Crippen LogP) is 4.92. The summed E-state index contributed by atoms with van der Waals surface area (Å²) in [6.45, 7) is -0.349. The minimum atomic E-state index is -4.62. The Labute approximate surface area is 163 Å². The van der Waals surface area contributed by atoms with E-state index in [9.17, 15) is 4.57 Å². The van der Waals surface area contributed by atoms with Crippen LogP contribution >= 0.6 is 42.8 Å². The van der Waals surface area contributed by atoms with Crippen LogP contribution in [0.5, 0.6) is 11.5 Å². The zero-order valence-electron chi connectivity index (χ0n) is 13.3. The van der Waals surface area contributed by atoms with Gasteiger partial charge in [0.1, 0.15) is 23.3 Å². The molecule has 26 heavy (non-hydrogen) atoms. The maximum absolute atomic E-state index is 11.0. The van der Waals surface area contributed by atoms with Crippen LogP contribution in [0.15, 0.2) is 41.6 Å². The number of phosphoric ester groups is 1. The Morgan fingerprint density at radius 3 is 2.73 bits per heavy atom. The van der Waals surface area contributed by atoms with Crippen LogP contribution in [0.4, 0.5) is 0 Å². The highest BCUT2D eigenvalue weighted by molar-refractivity contribution is 7.98. The van der Waals surface area contributed by atoms with Gasteiger partial charge in [0, 0.05) is 6.07 Å². The number of thioether (sulfide) groups is 1. The Bertz CT molecular complexity index is 1010. The standard InChI is InChI=1S/C15H13Cl2N2O5PS/c1-26-15-18-11-6-5-9(24-13-4-2-3-10(16)14(13)17)7-12(11)19(15)8-23-25(20,21)22/h2-7H,8H2,1H3,(H2,20,21,22). The van der Waals surface area contributed by atoms with Crippen LogP contribution < -0.4 is 4.74 Å². The fourth-order valence-electron chi connectivity index (χ4n) is 2.25. The van der Waals surface area contributed by atoms with Crippen LogP contribution in [0.3, 0.4) is 0 Å². The van der Waals surface area contributed by atoms with Crippen molar-refractivity contribution >= 4 is 53.8 Å². The van der Waals surface area contributed by atoms with Crippen molar-refractivity contribution < 1.29 is 23.6 Å². The summed E-state index contributed by atoms with van der Waals surface area (Å²) in [5, 5.41) is 1.21. The summed E-state index contributed by atoms with van der Waals surface area (Å²) in [4.78, 5) is 22.3. The number of hydrogen-bond acceptors (Lipinski definition) is 5. The van der Waals surface area contributed by atoms with E-state index in [1.807, 2.05) is 0 Å². The molecule has 0 amide bonds. The predicted molar refractivity (Wildman–Crippen MR) is 101 cm³/mol. The number of benzene rings is 2. The maximum atomic E-state index is 11.0. The second-order valence-corrected chi connectivity index (χ2v) is 7.88. The van der Waals surface area contributed by atoms with Gasteiger partial charge in [-0.25, -0.2) is 9.55 Å². The molecule has 0 aliphatic heterocycles. The van der Waals surface area contributed by atoms with Gasteiger partial charge in [0.15, 0.2) is 5.16 Å². The van der Waals surface area contributed by atoms with Crippen LogP contribution in [0, 0.1) is 0 Å². The monoisotopic (exact) mass is 434 g/mol. The van der Waals surface area contributed by atoms with Gasteiger partial charge >= 0.3 is 7.82 Å². The number of fused-ring (bicyclic) bond motifs is 1. The van der Waals surface area contributed by atoms with E-state index < -0.39 is 7.82 Å². The minimum absolute atomic E-state index is 0.289. The van der Waals surface area contributed by atoms with Crippen LogP contribution in [-0.2, 0) is 15.8 Å². The highest BCUT2D eigenvalue weighted by Crippen LogP contribution is 2.38. The first-order valence-electron chi connectivity index (χ1n) is 7.15. The van der Waals surface area contributed by atoms with Crippen LogP contribution in [-0.4, -0.2) is 25.6 Å². The van der Waals surface area contributed by atoms with Crippen LogP contribution in [0.2, 0.25) is 10.0 Å². The molecule has 2 N–H and O–H groups in total. The van der Waals surface area contributed by atoms with Crippen molar-refractivity contribution in [3.05, 3.63) is 46.4 Å². The summed E-state index contributed by atoms with van der Waals surface area (Å²) in [7, 11) is -4.62. The molecule has 0 saturated heterocycles. The topological polar surface area (TPSA) is 93.8 Å². The van der Waals surface area contributed by atoms with E-state index in [0.717, 1.165) is 0 Å². The minimum Gasteiger partial charge on any atom is -0.456 e. The number of ether oxygens (including phenoxy) is 1. The molecule has 2 aromatic carbocycles. The molecular weight excluding hydrogens is 422 g/mol. The second-order valence-electron chi connectivity index (χ2n) is 5.08. The lowest BCUT2D eigenvalue weighted by atomic mass is 10.3. The van der Waals surface area contributed by atoms with Gasteiger partial charge in [0.25, 0.3) is 0 Å². The quantitative estimate of drug-likeness (QED) is 0.419. The maximum Gasteiger partial charge on any atom is 0.471 e. The van der Waals surface area contributed by atoms with Crippen molar-refractivity contribution in [1.82, 2.24) is 9.55 Å². The molecule has 3 aromatic rings. The molecule has 0 bridgehead atoms. The van der Waals surface area contributed by atoms with Gasteiger partial charge in [-0.15, -0.1) is 0 Å². The summed E-state index contributed by atoms with van der Waals surface area (Å²) >= 11 is 13.4. The van der Waals surface area contributed by atoms with E-state index in [1.165, 1.54) is 11.8 Å². The van der Waals surface area contributed by atoms with Crippen LogP contribution in [0.1, 0.15) is 0 Å². The molecule has 0 fully saturated rings. The van der Waals surface area contributed by atoms with E-state index in [4.69, 9.17) is 37.7 Å². The van der Waals surface area contributed by atoms with Gasteiger partial charge in [0.05, 0.1) is 16.1 Å². The van der Waals surface area contributed by atoms with Crippen molar-refractivity contribution in [3.8, 4) is 11.5 Å². The molecule has 0 aliphatic rings. The third kappa shape index (κ3) is 4.35. The highest BCUT2D eigenvalue weighted by atomic mass is 35.5. The van der Waals surface area contributed by atoms with Gasteiger partial charge in [-0.1, -0.05) is 41.0 Å². The summed E-state index contributed by atoms with van der Waals surface area (Å²) < 4.78 is 23.0. The van der Waals surface area contributed by atoms with E-state index in [1.54, 1.807) is 47.2 Å². The fraction of sp³-hybridized carbons (Fsp3) is 0.133. The van der Waals surface area contributed by atoms with Gasteiger partial charge < -0.3 is 14.5 Å². The zero-order valence-corrected chi connectivity index (χ0v) is 16.5. The Kier molecular flexibility index (Phi) is 5.84. The van der Waals surface area contributed by atoms with Gasteiger partial charge in [-0.2, -0.15) is 0 Å². The molecule has 0 radical (unpaired) electrons. The van der Waals surface area contributed by atoms with E-state index >= 15 is 0 Å². The summed E-state index contributed by atoms with van der Waals surface area (Å²) in [6, 6.07) is 10.2. The third-order valence-electron chi connectivity index (χ3n) is 3.37. The van der Waals surface area contributed by atoms with E-state index in [-0.39, 0.29) is 11.8 Å². The molecule has 11 heteroatoms. The molecule has 1 aromatic heterocycles. The van der Waals surface area contributed by atoms with Crippen molar-refractivity contribution in [3.63, 3.8) is 0 Å². The molecule has 0 saturated carbocycles. The van der Waals surface area contributed by atoms with Gasteiger partial charge in [-0.3, -0.25) is 9.09 Å². The number of halogens is 2. The molecular formula is C15H13Cl2N2O5PS. The molecule has 0 spiro atoms. The van der Waals surface area contributed by atoms with Crippen molar-refractivity contribution in [2.75, 3.05) is 6.26 Å². The lowest BCUT2D eigenvalue weighted by Gasteiger charge is -2.11. The van der Waals surface area contributed by atoms with Crippen molar-refractivity contribution in [1.29, 1.82) is 0 Å². The highest BCUT2D eigenvalue weighted by Gasteiger charge is 2.18. The largest absolute Gasteiger partial charge is 0.471 e. The summed E-state index contributed by atoms with van der Waals surface area (Å²) in [5.41, 5.74) is 1.23. The number of nitrogens with zero attached hydrogens (tertiary/aromatic N) is 2. The first kappa shape index (κ1) is 19.5. The molecule has 1 heterocycles. The molecule has 0 atom stereocenters. The number of phosphoric acid groups is 1. The van der Waals surface area contributed by atoms with E-state index in [0.29, 0.717) is 32.7 Å². The SMILES string of the molecule is CSc1nc2ccc(Oc3cccc(Cl)c3Cl)cc2n1COP(=O)(O)O. The molecule has 3 rings (SSSR count). The number of rotatable bonds is 6. The normalized spacial score (nSPS) is 11.9. The average molecular weight is 435 g/mol. The van der Waals surface area contributed by atoms with Gasteiger partial charge in [-0.05, 0) is 30.5 Å². The smallest absolute Gasteiger partial charge is 0.456 e. The fourth-order valence-corrected chi connectivity index (χ4v) is 3.40. The number of hydrogen-bond donors (Lipinski definition) is 2. The Balaban J connectivity index is 1.98. The lowest BCUT2D eigenvalue weighted by Crippen LogP contribution is -2.02. The first-order chi connectivity index (χ1) is 12.3. The van der Waals surface area contributed by atoms with Crippen molar-refractivity contribution in [2.45, 2.75) is 11.9 Å². The number of imidazole rings is 1. The first-order valence-corrected chi connectivity index (χ1v) is 10.7. The van der Waals surface area contributed by atoms with Crippen molar-refractivity contribution in [2.24, 2.45) is 0 Å². The average Bonchev–Trinajstić information content (AvgIpc) is 2.93. The lowest BCUT2D eigenvalue weighted by molar-refractivity contribution is 0.151. The Hall–Kier alpha value is -1.25. The van der Waals surface area contributed by atoms with Gasteiger partial charge in [0.2, 0.25) is 0 Å². The molecule has 138 valence electrons. The number of aromatic nitrogens is 2. The summed E-state index contributed by atoms with van der Waals surface area (Å²) in [6.07, 6.45) is 1.80. The third-order valence-corrected chi connectivity index (χ3v) is 5.30. The Morgan fingerprint density at radius 2 is 2.04 bits per heavy atom. The second kappa shape index (κ2) is 7.78. The molecule has 7 nitrogen and oxygen atoms in total. The van der Waals surface area contributed by atoms with E-state index in [2.05, 4.69) is 9.51 Å². The molecule has 0 aliphatic carbocycles.